The van der Waals surface area contributed by atoms with Gasteiger partial charge in [-0.05, 0) is 19.3 Å². The average molecular weight is 157 g/mol. The summed E-state index contributed by atoms with van der Waals surface area (Å²) in [5.74, 6) is 0. The maximum Gasteiger partial charge on any atom is 0.113 e. The molecule has 0 spiro atoms. The molecule has 1 heterocycles. The first-order valence-corrected chi connectivity index (χ1v) is 4.23. The molecule has 0 aromatic heterocycles. The van der Waals surface area contributed by atoms with Crippen molar-refractivity contribution in [3.63, 3.8) is 0 Å². The summed E-state index contributed by atoms with van der Waals surface area (Å²) < 4.78 is 5.57. The second-order valence-corrected chi connectivity index (χ2v) is 4.88. The van der Waals surface area contributed by atoms with E-state index in [1.54, 1.807) is 0 Å². The molecule has 0 bridgehead atoms. The van der Waals surface area contributed by atoms with Crippen LogP contribution in [0.1, 0.15) is 34.6 Å². The molecule has 0 amide bonds. The second kappa shape index (κ2) is 2.46. The van der Waals surface area contributed by atoms with Gasteiger partial charge < -0.3 is 4.74 Å². The molecule has 1 aliphatic heterocycles. The van der Waals surface area contributed by atoms with Crippen LogP contribution in [0, 0.1) is 5.41 Å². The maximum absolute atomic E-state index is 5.57. The third-order valence-corrected chi connectivity index (χ3v) is 2.18. The summed E-state index contributed by atoms with van der Waals surface area (Å²) in [6, 6.07) is 0.484. The van der Waals surface area contributed by atoms with Crippen LogP contribution in [0.4, 0.5) is 0 Å². The quantitative estimate of drug-likeness (QED) is 0.578. The molecule has 0 aromatic carbocycles. The number of ether oxygens (including phenoxy) is 1. The Hall–Kier alpha value is -0.0800. The Bertz CT molecular complexity index is 146. The van der Waals surface area contributed by atoms with Crippen LogP contribution in [-0.4, -0.2) is 18.4 Å². The first-order chi connectivity index (χ1) is 4.81. The van der Waals surface area contributed by atoms with Gasteiger partial charge in [0.2, 0.25) is 0 Å². The second-order valence-electron chi connectivity index (χ2n) is 4.88. The van der Waals surface area contributed by atoms with Crippen molar-refractivity contribution in [2.24, 2.45) is 5.41 Å². The molecule has 1 N–H and O–H groups in total. The molecule has 0 saturated carbocycles. The largest absolute Gasteiger partial charge is 0.360 e. The summed E-state index contributed by atoms with van der Waals surface area (Å²) in [6.07, 6.45) is 0. The summed E-state index contributed by atoms with van der Waals surface area (Å²) in [4.78, 5) is 0. The highest BCUT2D eigenvalue weighted by Crippen LogP contribution is 2.27. The Balaban J connectivity index is 2.55. The molecule has 1 fully saturated rings. The Morgan fingerprint density at radius 1 is 1.36 bits per heavy atom. The third-order valence-electron chi connectivity index (χ3n) is 2.18. The zero-order valence-corrected chi connectivity index (χ0v) is 8.19. The molecule has 0 unspecified atom stereocenters. The van der Waals surface area contributed by atoms with Gasteiger partial charge in [0.05, 0.1) is 6.61 Å². The lowest BCUT2D eigenvalue weighted by Gasteiger charge is -2.27. The molecule has 1 aliphatic rings. The summed E-state index contributed by atoms with van der Waals surface area (Å²) in [7, 11) is 0. The lowest BCUT2D eigenvalue weighted by atomic mass is 9.87. The van der Waals surface area contributed by atoms with Crippen LogP contribution in [0.5, 0.6) is 0 Å². The van der Waals surface area contributed by atoms with Gasteiger partial charge in [-0.1, -0.05) is 20.8 Å². The van der Waals surface area contributed by atoms with E-state index in [4.69, 9.17) is 4.74 Å². The van der Waals surface area contributed by atoms with Crippen LogP contribution >= 0.6 is 0 Å². The zero-order valence-electron chi connectivity index (χ0n) is 8.19. The highest BCUT2D eigenvalue weighted by atomic mass is 16.5. The predicted octanol–water partition coefficient (Wildman–Crippen LogP) is 1.76. The van der Waals surface area contributed by atoms with Crippen LogP contribution in [0.15, 0.2) is 0 Å². The minimum Gasteiger partial charge on any atom is -0.360 e. The summed E-state index contributed by atoms with van der Waals surface area (Å²) >= 11 is 0. The summed E-state index contributed by atoms with van der Waals surface area (Å²) in [6.45, 7) is 11.7. The zero-order chi connectivity index (χ0) is 8.70. The SMILES string of the molecule is CC1(C)N[C@H](C(C)(C)C)CO1. The molecule has 0 radical (unpaired) electrons. The predicted molar refractivity (Wildman–Crippen MR) is 46.4 cm³/mol. The maximum atomic E-state index is 5.57. The molecular weight excluding hydrogens is 138 g/mol. The van der Waals surface area contributed by atoms with Gasteiger partial charge in [-0.15, -0.1) is 0 Å². The highest BCUT2D eigenvalue weighted by Gasteiger charge is 2.37. The van der Waals surface area contributed by atoms with E-state index in [9.17, 15) is 0 Å². The van der Waals surface area contributed by atoms with Gasteiger partial charge in [0.1, 0.15) is 5.72 Å². The minimum absolute atomic E-state index is 0.127. The fraction of sp³-hybridized carbons (Fsp3) is 1.00. The van der Waals surface area contributed by atoms with E-state index in [1.165, 1.54) is 0 Å². The molecule has 11 heavy (non-hydrogen) atoms. The summed E-state index contributed by atoms with van der Waals surface area (Å²) in [5.41, 5.74) is 0.172. The van der Waals surface area contributed by atoms with Crippen molar-refractivity contribution in [3.8, 4) is 0 Å². The smallest absolute Gasteiger partial charge is 0.113 e. The molecule has 0 aliphatic carbocycles. The lowest BCUT2D eigenvalue weighted by Crippen LogP contribution is -2.44. The topological polar surface area (TPSA) is 21.3 Å². The van der Waals surface area contributed by atoms with Gasteiger partial charge in [0.15, 0.2) is 0 Å². The van der Waals surface area contributed by atoms with Gasteiger partial charge in [-0.3, -0.25) is 5.32 Å². The van der Waals surface area contributed by atoms with E-state index in [1.807, 2.05) is 0 Å². The Morgan fingerprint density at radius 2 is 1.91 bits per heavy atom. The van der Waals surface area contributed by atoms with Crippen molar-refractivity contribution < 1.29 is 4.74 Å². The lowest BCUT2D eigenvalue weighted by molar-refractivity contribution is 0.0228. The number of hydrogen-bond donors (Lipinski definition) is 1. The molecule has 2 nitrogen and oxygen atoms in total. The Labute approximate surface area is 69.3 Å². The normalized spacial score (nSPS) is 30.8. The summed E-state index contributed by atoms with van der Waals surface area (Å²) in [5, 5.41) is 3.45. The Morgan fingerprint density at radius 3 is 2.09 bits per heavy atom. The van der Waals surface area contributed by atoms with E-state index < -0.39 is 0 Å². The van der Waals surface area contributed by atoms with Crippen LogP contribution in [0.25, 0.3) is 0 Å². The fourth-order valence-electron chi connectivity index (χ4n) is 1.26. The number of nitrogens with one attached hydrogen (secondary N) is 1. The van der Waals surface area contributed by atoms with Crippen LogP contribution in [-0.2, 0) is 4.74 Å². The van der Waals surface area contributed by atoms with Crippen molar-refractivity contribution >= 4 is 0 Å². The van der Waals surface area contributed by atoms with Crippen molar-refractivity contribution in [1.82, 2.24) is 5.32 Å². The van der Waals surface area contributed by atoms with E-state index in [2.05, 4.69) is 39.9 Å². The van der Waals surface area contributed by atoms with E-state index >= 15 is 0 Å². The molecule has 2 heteroatoms. The van der Waals surface area contributed by atoms with Crippen molar-refractivity contribution in [1.29, 1.82) is 0 Å². The molecule has 1 saturated heterocycles. The minimum atomic E-state index is -0.127. The highest BCUT2D eigenvalue weighted by molar-refractivity contribution is 4.89. The van der Waals surface area contributed by atoms with Crippen molar-refractivity contribution in [3.05, 3.63) is 0 Å². The van der Waals surface area contributed by atoms with Crippen molar-refractivity contribution in [2.75, 3.05) is 6.61 Å². The third kappa shape index (κ3) is 2.17. The molecule has 1 rings (SSSR count). The molecule has 0 aromatic rings. The van der Waals surface area contributed by atoms with E-state index in [-0.39, 0.29) is 5.72 Å². The van der Waals surface area contributed by atoms with Crippen molar-refractivity contribution in [2.45, 2.75) is 46.4 Å². The standard InChI is InChI=1S/C9H19NO/c1-8(2,3)7-6-11-9(4,5)10-7/h7,10H,6H2,1-5H3/t7-/m0/s1. The Kier molecular flexibility index (Phi) is 2.01. The molecule has 66 valence electrons. The first kappa shape index (κ1) is 9.01. The first-order valence-electron chi connectivity index (χ1n) is 4.23. The van der Waals surface area contributed by atoms with E-state index in [0.717, 1.165) is 6.61 Å². The van der Waals surface area contributed by atoms with Gasteiger partial charge in [-0.25, -0.2) is 0 Å². The van der Waals surface area contributed by atoms with Crippen LogP contribution in [0.3, 0.4) is 0 Å². The average Bonchev–Trinajstić information content (AvgIpc) is 2.07. The van der Waals surface area contributed by atoms with Crippen LogP contribution in [0.2, 0.25) is 0 Å². The molecular formula is C9H19NO. The van der Waals surface area contributed by atoms with E-state index in [0.29, 0.717) is 11.5 Å². The van der Waals surface area contributed by atoms with Gasteiger partial charge in [0, 0.05) is 6.04 Å². The van der Waals surface area contributed by atoms with Gasteiger partial charge in [-0.2, -0.15) is 0 Å². The van der Waals surface area contributed by atoms with Gasteiger partial charge >= 0.3 is 0 Å². The number of hydrogen-bond acceptors (Lipinski definition) is 2. The number of rotatable bonds is 0. The monoisotopic (exact) mass is 157 g/mol. The van der Waals surface area contributed by atoms with Gasteiger partial charge in [0.25, 0.3) is 0 Å². The molecule has 1 atom stereocenters. The fourth-order valence-corrected chi connectivity index (χ4v) is 1.26. The van der Waals surface area contributed by atoms with Crippen LogP contribution < -0.4 is 5.32 Å².